The van der Waals surface area contributed by atoms with Crippen molar-refractivity contribution < 1.29 is 19.1 Å². The molecule has 0 saturated carbocycles. The van der Waals surface area contributed by atoms with Crippen molar-refractivity contribution in [1.29, 1.82) is 0 Å². The minimum Gasteiger partial charge on any atom is -0.469 e. The maximum Gasteiger partial charge on any atom is 0.410 e. The van der Waals surface area contributed by atoms with E-state index in [-0.39, 0.29) is 24.1 Å². The van der Waals surface area contributed by atoms with Gasteiger partial charge in [0.25, 0.3) is 0 Å². The summed E-state index contributed by atoms with van der Waals surface area (Å²) in [6, 6.07) is 16.4. The third kappa shape index (κ3) is 5.70. The topological polar surface area (TPSA) is 62.3 Å². The van der Waals surface area contributed by atoms with Crippen molar-refractivity contribution in [2.24, 2.45) is 0 Å². The number of methoxy groups -OCH3 is 1. The molecule has 2 aromatic carbocycles. The van der Waals surface area contributed by atoms with E-state index in [0.29, 0.717) is 19.5 Å². The number of esters is 1. The van der Waals surface area contributed by atoms with Gasteiger partial charge in [0.05, 0.1) is 13.5 Å². The number of benzene rings is 2. The number of hydrogen-bond acceptors (Lipinski definition) is 6. The molecule has 0 spiro atoms. The summed E-state index contributed by atoms with van der Waals surface area (Å²) >= 11 is 0. The van der Waals surface area contributed by atoms with Crippen molar-refractivity contribution in [3.05, 3.63) is 65.2 Å². The lowest BCUT2D eigenvalue weighted by molar-refractivity contribution is -0.141. The Balaban J connectivity index is 1.39. The van der Waals surface area contributed by atoms with Crippen LogP contribution in [0.4, 0.5) is 10.5 Å². The Hall–Kier alpha value is -3.06. The van der Waals surface area contributed by atoms with Crippen LogP contribution in [0.5, 0.6) is 0 Å². The molecule has 0 atom stereocenters. The molecule has 0 radical (unpaired) electrons. The molecule has 1 saturated heterocycles. The fourth-order valence-corrected chi connectivity index (χ4v) is 4.91. The van der Waals surface area contributed by atoms with Gasteiger partial charge in [0.15, 0.2) is 0 Å². The molecule has 7 nitrogen and oxygen atoms in total. The van der Waals surface area contributed by atoms with Crippen LogP contribution in [-0.2, 0) is 32.8 Å². The summed E-state index contributed by atoms with van der Waals surface area (Å²) < 4.78 is 10.4. The lowest BCUT2D eigenvalue weighted by atomic mass is 9.78. The second-order valence-corrected chi connectivity index (χ2v) is 9.78. The molecule has 2 aliphatic rings. The molecular formula is C27H35N3O4. The molecule has 2 heterocycles. The highest BCUT2D eigenvalue weighted by Crippen LogP contribution is 2.36. The van der Waals surface area contributed by atoms with Crippen molar-refractivity contribution in [3.8, 4) is 0 Å². The number of fused-ring (bicyclic) bond motifs is 1. The molecule has 0 aliphatic carbocycles. The van der Waals surface area contributed by atoms with Crippen LogP contribution in [-0.4, -0.2) is 68.2 Å². The molecule has 7 heteroatoms. The van der Waals surface area contributed by atoms with Crippen molar-refractivity contribution in [1.82, 2.24) is 9.80 Å². The maximum atomic E-state index is 12.9. The first-order valence-corrected chi connectivity index (χ1v) is 12.0. The average Bonchev–Trinajstić information content (AvgIpc) is 2.86. The van der Waals surface area contributed by atoms with E-state index < -0.39 is 0 Å². The van der Waals surface area contributed by atoms with Crippen molar-refractivity contribution >= 4 is 17.7 Å². The Bertz CT molecular complexity index is 1000. The summed E-state index contributed by atoms with van der Waals surface area (Å²) in [4.78, 5) is 30.8. The lowest BCUT2D eigenvalue weighted by Gasteiger charge is -2.41. The highest BCUT2D eigenvalue weighted by molar-refractivity contribution is 5.69. The van der Waals surface area contributed by atoms with E-state index in [1.54, 1.807) is 0 Å². The number of hydrogen-bond donors (Lipinski definition) is 0. The second kappa shape index (κ2) is 10.5. The standard InChI is InChI=1S/C27H35N3O4/c1-27(2)20-30(26(32)34-19-21-7-5-4-6-8-21)18-22-17-23(9-10-24(22)27)29-15-13-28(14-16-29)12-11-25(31)33-3/h4-10,17H,11-16,18-20H2,1-3H3. The Kier molecular flexibility index (Phi) is 7.41. The first kappa shape index (κ1) is 24.1. The molecular weight excluding hydrogens is 430 g/mol. The quantitative estimate of drug-likeness (QED) is 0.605. The van der Waals surface area contributed by atoms with Crippen LogP contribution in [0, 0.1) is 0 Å². The van der Waals surface area contributed by atoms with E-state index in [1.165, 1.54) is 23.9 Å². The number of piperazine rings is 1. The van der Waals surface area contributed by atoms with Gasteiger partial charge in [-0.1, -0.05) is 50.2 Å². The van der Waals surface area contributed by atoms with Gasteiger partial charge < -0.3 is 19.3 Å². The number of anilines is 1. The van der Waals surface area contributed by atoms with Crippen LogP contribution < -0.4 is 4.90 Å². The smallest absolute Gasteiger partial charge is 0.410 e. The predicted molar refractivity (Wildman–Crippen MR) is 132 cm³/mol. The SMILES string of the molecule is COC(=O)CCN1CCN(c2ccc3c(c2)CN(C(=O)OCc2ccccc2)CC3(C)C)CC1. The molecule has 0 bridgehead atoms. The first-order chi connectivity index (χ1) is 16.4. The van der Waals surface area contributed by atoms with Crippen LogP contribution in [0.15, 0.2) is 48.5 Å². The lowest BCUT2D eigenvalue weighted by Crippen LogP contribution is -2.47. The normalized spacial score (nSPS) is 17.7. The van der Waals surface area contributed by atoms with Crippen LogP contribution >= 0.6 is 0 Å². The number of amides is 1. The zero-order valence-corrected chi connectivity index (χ0v) is 20.5. The molecule has 2 aliphatic heterocycles. The molecule has 2 aromatic rings. The van der Waals surface area contributed by atoms with Gasteiger partial charge in [0.1, 0.15) is 6.61 Å². The number of carbonyl (C=O) groups excluding carboxylic acids is 2. The predicted octanol–water partition coefficient (Wildman–Crippen LogP) is 3.80. The fourth-order valence-electron chi connectivity index (χ4n) is 4.91. The maximum absolute atomic E-state index is 12.9. The molecule has 1 fully saturated rings. The third-order valence-electron chi connectivity index (χ3n) is 6.83. The zero-order valence-electron chi connectivity index (χ0n) is 20.5. The van der Waals surface area contributed by atoms with Crippen LogP contribution in [0.3, 0.4) is 0 Å². The number of ether oxygens (including phenoxy) is 2. The fraction of sp³-hybridized carbons (Fsp3) is 0.481. The summed E-state index contributed by atoms with van der Waals surface area (Å²) in [6.07, 6.45) is 0.160. The van der Waals surface area contributed by atoms with Crippen molar-refractivity contribution in [2.45, 2.75) is 38.8 Å². The van der Waals surface area contributed by atoms with Crippen molar-refractivity contribution in [3.63, 3.8) is 0 Å². The van der Waals surface area contributed by atoms with Gasteiger partial charge in [-0.25, -0.2) is 4.79 Å². The Labute approximate surface area is 202 Å². The second-order valence-electron chi connectivity index (χ2n) is 9.78. The highest BCUT2D eigenvalue weighted by atomic mass is 16.6. The van der Waals surface area contributed by atoms with E-state index in [4.69, 9.17) is 9.47 Å². The van der Waals surface area contributed by atoms with Crippen LogP contribution in [0.1, 0.15) is 37.0 Å². The van der Waals surface area contributed by atoms with Gasteiger partial charge in [0.2, 0.25) is 0 Å². The van der Waals surface area contributed by atoms with Gasteiger partial charge in [0, 0.05) is 56.9 Å². The number of rotatable bonds is 6. The number of carbonyl (C=O) groups is 2. The van der Waals surface area contributed by atoms with E-state index >= 15 is 0 Å². The first-order valence-electron chi connectivity index (χ1n) is 12.0. The van der Waals surface area contributed by atoms with Gasteiger partial charge in [-0.15, -0.1) is 0 Å². The van der Waals surface area contributed by atoms with Crippen molar-refractivity contribution in [2.75, 3.05) is 51.3 Å². The van der Waals surface area contributed by atoms with E-state index in [9.17, 15) is 9.59 Å². The van der Waals surface area contributed by atoms with E-state index in [2.05, 4.69) is 41.8 Å². The summed E-state index contributed by atoms with van der Waals surface area (Å²) in [6.45, 7) is 10.2. The molecule has 0 aromatic heterocycles. The van der Waals surface area contributed by atoms with Gasteiger partial charge in [-0.2, -0.15) is 0 Å². The molecule has 4 rings (SSSR count). The zero-order chi connectivity index (χ0) is 24.1. The number of nitrogens with zero attached hydrogens (tertiary/aromatic N) is 3. The monoisotopic (exact) mass is 465 g/mol. The minimum atomic E-state index is -0.271. The minimum absolute atomic E-state index is 0.148. The Morgan fingerprint density at radius 1 is 1.00 bits per heavy atom. The van der Waals surface area contributed by atoms with Crippen LogP contribution in [0.2, 0.25) is 0 Å². The summed E-state index contributed by atoms with van der Waals surface area (Å²) in [5, 5.41) is 0. The van der Waals surface area contributed by atoms with E-state index in [0.717, 1.165) is 38.3 Å². The van der Waals surface area contributed by atoms with Gasteiger partial charge in [-0.05, 0) is 28.8 Å². The van der Waals surface area contributed by atoms with E-state index in [1.807, 2.05) is 35.2 Å². The molecule has 0 unspecified atom stereocenters. The third-order valence-corrected chi connectivity index (χ3v) is 6.83. The van der Waals surface area contributed by atoms with Gasteiger partial charge in [-0.3, -0.25) is 9.69 Å². The van der Waals surface area contributed by atoms with Gasteiger partial charge >= 0.3 is 12.1 Å². The largest absolute Gasteiger partial charge is 0.469 e. The van der Waals surface area contributed by atoms with Crippen LogP contribution in [0.25, 0.3) is 0 Å². The summed E-state index contributed by atoms with van der Waals surface area (Å²) in [5.41, 5.74) is 4.49. The molecule has 1 amide bonds. The highest BCUT2D eigenvalue weighted by Gasteiger charge is 2.35. The Morgan fingerprint density at radius 3 is 2.44 bits per heavy atom. The molecule has 0 N–H and O–H groups in total. The molecule has 182 valence electrons. The molecule has 34 heavy (non-hydrogen) atoms. The summed E-state index contributed by atoms with van der Waals surface area (Å²) in [5.74, 6) is -0.161. The average molecular weight is 466 g/mol. The summed E-state index contributed by atoms with van der Waals surface area (Å²) in [7, 11) is 1.43. The Morgan fingerprint density at radius 2 is 1.74 bits per heavy atom.